The number of fused-ring (bicyclic) bond motifs is 3. The molecule has 4 saturated carbocycles. The summed E-state index contributed by atoms with van der Waals surface area (Å²) in [7, 11) is -2.33. The lowest BCUT2D eigenvalue weighted by atomic mass is 9.49. The molecule has 9 aliphatic rings. The Labute approximate surface area is 553 Å². The van der Waals surface area contributed by atoms with Crippen LogP contribution in [0.3, 0.4) is 0 Å². The molecule has 24 heteroatoms. The van der Waals surface area contributed by atoms with Crippen LogP contribution in [0, 0.1) is 30.1 Å². The Balaban J connectivity index is 0.598. The molecule has 12 rings (SSSR count). The van der Waals surface area contributed by atoms with Crippen LogP contribution in [-0.4, -0.2) is 187 Å². The second-order valence-corrected chi connectivity index (χ2v) is 31.2. The van der Waals surface area contributed by atoms with Crippen molar-refractivity contribution in [1.29, 1.82) is 0 Å². The number of rotatable bonds is 32. The zero-order valence-corrected chi connectivity index (χ0v) is 56.4. The highest BCUT2D eigenvalue weighted by Gasteiger charge is 2.64. The number of nitrogens with zero attached hydrogens (tertiary/aromatic N) is 4. The normalized spacial score (nSPS) is 26.1. The maximum Gasteiger partial charge on any atom is 0.320 e. The fourth-order valence-electron chi connectivity index (χ4n) is 16.9. The lowest BCUT2D eigenvalue weighted by Gasteiger charge is -2.57. The number of piperidine rings is 2. The fourth-order valence-corrected chi connectivity index (χ4v) is 19.8. The van der Waals surface area contributed by atoms with E-state index in [4.69, 9.17) is 18.9 Å². The van der Waals surface area contributed by atoms with Gasteiger partial charge in [0.25, 0.3) is 16.5 Å². The summed E-state index contributed by atoms with van der Waals surface area (Å²) >= 11 is 1.89. The number of carbonyl (C=O) groups is 6. The van der Waals surface area contributed by atoms with Gasteiger partial charge in [-0.05, 0) is 177 Å². The van der Waals surface area contributed by atoms with Crippen molar-refractivity contribution in [3.63, 3.8) is 0 Å². The zero-order valence-electron chi connectivity index (χ0n) is 54.7. The number of aryl methyl sites for hydroxylation is 1. The van der Waals surface area contributed by atoms with Crippen molar-refractivity contribution in [3.8, 4) is 5.75 Å². The molecule has 5 atom stereocenters. The maximum atomic E-state index is 14.8. The molecule has 2 aromatic carbocycles. The second kappa shape index (κ2) is 31.0. The Morgan fingerprint density at radius 3 is 1.86 bits per heavy atom. The van der Waals surface area contributed by atoms with Crippen molar-refractivity contribution >= 4 is 68.4 Å². The highest BCUT2D eigenvalue weighted by Crippen LogP contribution is 2.61. The van der Waals surface area contributed by atoms with Crippen LogP contribution in [-0.2, 0) is 43.4 Å². The van der Waals surface area contributed by atoms with Gasteiger partial charge in [0.05, 0.1) is 34.5 Å². The quantitative estimate of drug-likeness (QED) is 0.0255. The van der Waals surface area contributed by atoms with Gasteiger partial charge in [-0.2, -0.15) is 11.8 Å². The summed E-state index contributed by atoms with van der Waals surface area (Å²) < 4.78 is 54.0. The summed E-state index contributed by atoms with van der Waals surface area (Å²) in [6.45, 7) is 4.84. The number of aromatic nitrogens is 1. The van der Waals surface area contributed by atoms with Crippen LogP contribution in [0.1, 0.15) is 166 Å². The number of hydrogen-bond donors (Lipinski definition) is 6. The largest absolute Gasteiger partial charge is 0.490 e. The SMILES string of the molecule is COC1OC2(CCN(C(=O)N(CCCCCNC(=O)CCCCCNC(=O)CCCCCNC(=O)CCCC[C@@H]3SC[C@@H]4NC(=O)N[C@@H]43)CC(O)COc3cccc4c3ccn4S(=O)(=O)c3ccc(C)cc3)CC2)C2(CCN(C(=O)C34CC5CC(CC(C5)C3)C4)CC2)O1. The molecule has 5 aliphatic heterocycles. The van der Waals surface area contributed by atoms with Crippen LogP contribution in [0.25, 0.3) is 10.9 Å². The average Bonchev–Trinajstić information content (AvgIpc) is 1.72. The number of hydrogen-bond acceptors (Lipinski definition) is 14. The summed E-state index contributed by atoms with van der Waals surface area (Å²) in [5.74, 6) is 3.76. The molecular weight excluding hydrogens is 1230 g/mol. The monoisotopic (exact) mass is 1330 g/mol. The van der Waals surface area contributed by atoms with E-state index < -0.39 is 33.8 Å². The summed E-state index contributed by atoms with van der Waals surface area (Å²) in [5.41, 5.74) is -0.233. The third-order valence-electron chi connectivity index (χ3n) is 21.5. The molecule has 2 spiro atoms. The molecule has 8 amide bonds. The fraction of sp³-hybridized carbons (Fsp3) is 0.710. The number of aliphatic hydroxyl groups excluding tert-OH is 1. The summed E-state index contributed by atoms with van der Waals surface area (Å²) in [5, 5.41) is 27.6. The Morgan fingerprint density at radius 2 is 1.28 bits per heavy atom. The Hall–Kier alpha value is -5.66. The van der Waals surface area contributed by atoms with E-state index in [0.717, 1.165) is 88.4 Å². The van der Waals surface area contributed by atoms with E-state index in [0.29, 0.717) is 162 Å². The predicted molar refractivity (Wildman–Crippen MR) is 354 cm³/mol. The number of carbonyl (C=O) groups excluding carboxylic acids is 6. The van der Waals surface area contributed by atoms with E-state index in [9.17, 15) is 42.3 Å². The van der Waals surface area contributed by atoms with Crippen molar-refractivity contribution in [2.45, 2.75) is 213 Å². The zero-order chi connectivity index (χ0) is 65.2. The van der Waals surface area contributed by atoms with Gasteiger partial charge < -0.3 is 65.3 Å². The first kappa shape index (κ1) is 68.7. The van der Waals surface area contributed by atoms with E-state index in [1.165, 1.54) is 29.4 Å². The van der Waals surface area contributed by atoms with Crippen LogP contribution in [0.4, 0.5) is 9.59 Å². The van der Waals surface area contributed by atoms with Gasteiger partial charge in [-0.3, -0.25) is 19.2 Å². The standard InChI is InChI=1S/C69H101N9O13S2/c1-48-21-23-53(24-22-48)93(86,87)78-34-25-54-56(78)15-14-16-57(54)89-46-52(79)45-77(65(85)76-37-28-69(29-38-76)68(90-66(88-2)91-69)26-35-75(36-27-68)63(83)67-42-49-39-50(43-67)41-51(40-49)44-67)33-13-5-12-32-72-60(81)19-7-3-10-30-70-59(80)18-6-4-11-31-71-61(82)20-9-8-17-58-62-55(47-92-58)73-64(84)74-62/h14-16,21-25,34,49-52,55,58,62,66,79H,3-13,17-20,26-33,35-47H2,1-2H3,(H,70,80)(H,71,82)(H,72,81)(H2,73,74,84)/t49?,50?,51?,52?,55-,58-,62-,66?,67?/m0/s1. The third-order valence-corrected chi connectivity index (χ3v) is 24.8. The molecule has 6 N–H and O–H groups in total. The highest BCUT2D eigenvalue weighted by atomic mass is 32.2. The van der Waals surface area contributed by atoms with Crippen LogP contribution in [0.2, 0.25) is 0 Å². The van der Waals surface area contributed by atoms with Gasteiger partial charge in [0.2, 0.25) is 23.6 Å². The number of ether oxygens (including phenoxy) is 4. The van der Waals surface area contributed by atoms with Gasteiger partial charge >= 0.3 is 12.1 Å². The van der Waals surface area contributed by atoms with Gasteiger partial charge in [-0.1, -0.05) is 43.0 Å². The van der Waals surface area contributed by atoms with Gasteiger partial charge in [0, 0.05) is 101 Å². The molecule has 22 nitrogen and oxygen atoms in total. The number of urea groups is 2. The number of amides is 8. The molecule has 0 radical (unpaired) electrons. The number of aliphatic hydroxyl groups is 1. The average molecular weight is 1330 g/mol. The number of nitrogens with one attached hydrogen (secondary N) is 5. The highest BCUT2D eigenvalue weighted by molar-refractivity contribution is 8.00. The van der Waals surface area contributed by atoms with E-state index in [1.54, 1.807) is 60.5 Å². The van der Waals surface area contributed by atoms with Crippen LogP contribution in [0.5, 0.6) is 5.75 Å². The van der Waals surface area contributed by atoms with Crippen LogP contribution < -0.4 is 31.3 Å². The molecule has 2 unspecified atom stereocenters. The molecule has 93 heavy (non-hydrogen) atoms. The number of likely N-dealkylation sites (tertiary alicyclic amines) is 2. The first-order valence-electron chi connectivity index (χ1n) is 34.9. The van der Waals surface area contributed by atoms with E-state index in [-0.39, 0.29) is 65.3 Å². The van der Waals surface area contributed by atoms with Gasteiger partial charge in [-0.25, -0.2) is 22.0 Å². The minimum atomic E-state index is -3.91. The minimum Gasteiger partial charge on any atom is -0.490 e. The smallest absolute Gasteiger partial charge is 0.320 e. The van der Waals surface area contributed by atoms with E-state index in [2.05, 4.69) is 31.5 Å². The lowest BCUT2D eigenvalue weighted by Crippen LogP contribution is -2.64. The van der Waals surface area contributed by atoms with Crippen molar-refractivity contribution in [2.75, 3.05) is 78.4 Å². The molecule has 5 saturated heterocycles. The Morgan fingerprint density at radius 1 is 0.720 bits per heavy atom. The molecule has 4 bridgehead atoms. The van der Waals surface area contributed by atoms with Crippen molar-refractivity contribution in [1.82, 2.24) is 45.3 Å². The molecule has 3 aromatic rings. The van der Waals surface area contributed by atoms with Gasteiger partial charge in [-0.15, -0.1) is 0 Å². The third kappa shape index (κ3) is 16.4. The summed E-state index contributed by atoms with van der Waals surface area (Å²) in [6.07, 6.45) is 20.5. The topological polar surface area (TPSA) is 269 Å². The Bertz CT molecular complexity index is 3150. The number of unbranched alkanes of at least 4 members (excludes halogenated alkanes) is 7. The van der Waals surface area contributed by atoms with Crippen molar-refractivity contribution in [2.24, 2.45) is 23.2 Å². The number of thioether (sulfide) groups is 1. The van der Waals surface area contributed by atoms with Crippen molar-refractivity contribution < 1.29 is 61.2 Å². The molecule has 9 fully saturated rings. The van der Waals surface area contributed by atoms with E-state index >= 15 is 0 Å². The van der Waals surface area contributed by atoms with Crippen LogP contribution >= 0.6 is 11.8 Å². The van der Waals surface area contributed by atoms with Gasteiger partial charge in [0.15, 0.2) is 0 Å². The van der Waals surface area contributed by atoms with Crippen LogP contribution in [0.15, 0.2) is 59.6 Å². The Kier molecular flexibility index (Phi) is 22.9. The molecule has 4 aliphatic carbocycles. The first-order valence-corrected chi connectivity index (χ1v) is 37.4. The first-order chi connectivity index (χ1) is 44.9. The predicted octanol–water partition coefficient (Wildman–Crippen LogP) is 8.10. The van der Waals surface area contributed by atoms with Gasteiger partial charge in [0.1, 0.15) is 29.7 Å². The second-order valence-electron chi connectivity index (χ2n) is 28.1. The minimum absolute atomic E-state index is 0.0128. The lowest BCUT2D eigenvalue weighted by molar-refractivity contribution is -0.248. The molecule has 1 aromatic heterocycles. The number of benzene rings is 2. The molecule has 6 heterocycles. The summed E-state index contributed by atoms with van der Waals surface area (Å²) in [4.78, 5) is 84.2. The van der Waals surface area contributed by atoms with E-state index in [1.807, 2.05) is 23.6 Å². The van der Waals surface area contributed by atoms with Crippen molar-refractivity contribution in [3.05, 3.63) is 60.3 Å². The summed E-state index contributed by atoms with van der Waals surface area (Å²) in [6, 6.07) is 13.7. The number of methoxy groups -OCH3 is 1. The maximum absolute atomic E-state index is 14.8. The molecule has 512 valence electrons. The molecular formula is C69H101N9O13S2.